The molecule has 0 aliphatic heterocycles. The molecule has 8 heavy (non-hydrogen) atoms. The van der Waals surface area contributed by atoms with Crippen molar-refractivity contribution in [3.8, 4) is 0 Å². The molecule has 0 aliphatic carbocycles. The first kappa shape index (κ1) is 12.6. The molecule has 0 spiro atoms. The molecule has 0 atom stereocenters. The summed E-state index contributed by atoms with van der Waals surface area (Å²) in [5.41, 5.74) is 0. The van der Waals surface area contributed by atoms with Gasteiger partial charge in [0, 0.05) is 51.4 Å². The Kier molecular flexibility index (Phi) is 3.08. The molecule has 0 aromatic rings. The van der Waals surface area contributed by atoms with Crippen LogP contribution in [-0.2, 0) is 17.2 Å². The van der Waals surface area contributed by atoms with E-state index in [1.54, 1.807) is 0 Å². The van der Waals surface area contributed by atoms with E-state index in [0.29, 0.717) is 0 Å². The quantitative estimate of drug-likeness (QED) is 0.416. The Hall–Kier alpha value is 1.93. The molecule has 47 valence electrons. The van der Waals surface area contributed by atoms with Gasteiger partial charge in [0.1, 0.15) is 0 Å². The summed E-state index contributed by atoms with van der Waals surface area (Å²) < 4.78 is 59.5. The third-order valence-corrected chi connectivity index (χ3v) is 0. The summed E-state index contributed by atoms with van der Waals surface area (Å²) >= 11 is -11.2. The first-order chi connectivity index (χ1) is 2.45. The molecule has 0 aliphatic rings. The van der Waals surface area contributed by atoms with Crippen LogP contribution in [0.15, 0.2) is 0 Å². The summed E-state index contributed by atoms with van der Waals surface area (Å²) in [5.74, 6) is 0. The van der Waals surface area contributed by atoms with E-state index in [4.69, 9.17) is 0 Å². The van der Waals surface area contributed by atoms with Crippen molar-refractivity contribution < 1.29 is 35.8 Å². The second-order valence-electron chi connectivity index (χ2n) is 1.07. The van der Waals surface area contributed by atoms with Crippen LogP contribution in [0.1, 0.15) is 0 Å². The Morgan fingerprint density at radius 3 is 0.625 bits per heavy atom. The van der Waals surface area contributed by atoms with Crippen molar-refractivity contribution in [1.82, 2.24) is 0 Å². The number of halogens is 6. The molecule has 1 radical (unpaired) electrons. The zero-order chi connectivity index (χ0) is 6.41. The summed E-state index contributed by atoms with van der Waals surface area (Å²) in [6.07, 6.45) is 0. The second kappa shape index (κ2) is 1.96. The van der Waals surface area contributed by atoms with Crippen molar-refractivity contribution in [3.63, 3.8) is 0 Å². The Labute approximate surface area is 85.5 Å². The molecular weight excluding hydrogens is 201 g/mol. The Morgan fingerprint density at radius 2 is 0.625 bits per heavy atom. The minimum atomic E-state index is -11.2. The molecule has 0 saturated carbocycles. The number of hydrogen-bond acceptors (Lipinski definition) is 0. The Bertz CT molecular complexity index is 67.1. The number of hydrogen-bond donors (Lipinski definition) is 0. The normalized spacial score (nSPS) is 20.2. The van der Waals surface area contributed by atoms with Crippen molar-refractivity contribution in [2.45, 2.75) is 0 Å². The van der Waals surface area contributed by atoms with E-state index < -0.39 is 17.2 Å². The molecular formula is F6KTi. The maximum atomic E-state index is 9.92. The maximum absolute atomic E-state index is 11.2. The fraction of sp³-hybridized carbons (Fsp3) is 0. The van der Waals surface area contributed by atoms with Crippen LogP contribution < -0.4 is 0 Å². The molecule has 0 fully saturated rings. The largest absolute Gasteiger partial charge is 0 e. The molecule has 0 unspecified atom stereocenters. The molecule has 0 aromatic heterocycles. The van der Waals surface area contributed by atoms with Crippen LogP contribution in [0.25, 0.3) is 0 Å². The van der Waals surface area contributed by atoms with Crippen molar-refractivity contribution in [3.05, 3.63) is 0 Å². The van der Waals surface area contributed by atoms with Gasteiger partial charge in [-0.2, -0.15) is 0 Å². The first-order valence-electron chi connectivity index (χ1n) is 1.13. The van der Waals surface area contributed by atoms with Gasteiger partial charge >= 0.3 is 35.8 Å². The fourth-order valence-electron chi connectivity index (χ4n) is 0. The standard InChI is InChI=1S/6FH.K.Ti/h6*1H;;/q;;;;;;;+6/p-6. The van der Waals surface area contributed by atoms with Gasteiger partial charge in [-0.3, -0.25) is 0 Å². The molecule has 0 rings (SSSR count). The molecule has 0 aromatic carbocycles. The van der Waals surface area contributed by atoms with Crippen molar-refractivity contribution in [1.29, 1.82) is 0 Å². The molecule has 0 heterocycles. The molecule has 8 heteroatoms. The van der Waals surface area contributed by atoms with E-state index in [1.165, 1.54) is 0 Å². The van der Waals surface area contributed by atoms with Gasteiger partial charge < -0.3 is 0 Å². The summed E-state index contributed by atoms with van der Waals surface area (Å²) in [5, 5.41) is 0. The predicted octanol–water partition coefficient (Wildman–Crippen LogP) is 2.14. The average Bonchev–Trinajstić information content (AvgIpc) is 0.592. The molecule has 0 N–H and O–H groups in total. The summed E-state index contributed by atoms with van der Waals surface area (Å²) in [7, 11) is 0. The summed E-state index contributed by atoms with van der Waals surface area (Å²) in [4.78, 5) is 0. The molecule has 0 bridgehead atoms. The van der Waals surface area contributed by atoms with Crippen LogP contribution in [0, 0.1) is 0 Å². The van der Waals surface area contributed by atoms with Crippen LogP contribution in [0.3, 0.4) is 0 Å². The zero-order valence-corrected chi connectivity index (χ0v) is 8.45. The van der Waals surface area contributed by atoms with Gasteiger partial charge in [0.15, 0.2) is 0 Å². The van der Waals surface area contributed by atoms with E-state index in [-0.39, 0.29) is 51.4 Å². The Balaban J connectivity index is 0. The van der Waals surface area contributed by atoms with Gasteiger partial charge in [0.05, 0.1) is 0 Å². The summed E-state index contributed by atoms with van der Waals surface area (Å²) in [6, 6.07) is 0. The van der Waals surface area contributed by atoms with Gasteiger partial charge in [-0.15, -0.1) is 0 Å². The summed E-state index contributed by atoms with van der Waals surface area (Å²) in [6.45, 7) is 0. The van der Waals surface area contributed by atoms with Gasteiger partial charge in [0.2, 0.25) is 0 Å². The zero-order valence-electron chi connectivity index (χ0n) is 3.77. The van der Waals surface area contributed by atoms with Crippen molar-refractivity contribution >= 4 is 51.4 Å². The van der Waals surface area contributed by atoms with Gasteiger partial charge in [-0.1, -0.05) is 0 Å². The van der Waals surface area contributed by atoms with E-state index in [0.717, 1.165) is 0 Å². The maximum Gasteiger partial charge on any atom is 0 e. The van der Waals surface area contributed by atoms with Crippen LogP contribution in [-0.4, -0.2) is 51.4 Å². The van der Waals surface area contributed by atoms with E-state index in [1.807, 2.05) is 0 Å². The van der Waals surface area contributed by atoms with Crippen molar-refractivity contribution in [2.75, 3.05) is 0 Å². The van der Waals surface area contributed by atoms with Crippen molar-refractivity contribution in [2.24, 2.45) is 0 Å². The fourth-order valence-corrected chi connectivity index (χ4v) is 0. The van der Waals surface area contributed by atoms with Gasteiger partial charge in [-0.05, 0) is 0 Å². The first-order valence-corrected chi connectivity index (χ1v) is 4.68. The third-order valence-electron chi connectivity index (χ3n) is 0. The van der Waals surface area contributed by atoms with Crippen LogP contribution in [0.4, 0.5) is 18.6 Å². The molecule has 0 nitrogen and oxygen atoms in total. The minimum Gasteiger partial charge on any atom is 0 e. The molecule has 0 saturated heterocycles. The predicted molar refractivity (Wildman–Crippen MR) is 12.4 cm³/mol. The van der Waals surface area contributed by atoms with Gasteiger partial charge in [-0.25, -0.2) is 0 Å². The number of rotatable bonds is 0. The van der Waals surface area contributed by atoms with Crippen LogP contribution >= 0.6 is 0 Å². The van der Waals surface area contributed by atoms with E-state index >= 15 is 0 Å². The third kappa shape index (κ3) is 102. The monoisotopic (exact) mass is 201 g/mol. The van der Waals surface area contributed by atoms with Crippen LogP contribution in [0.2, 0.25) is 0 Å². The van der Waals surface area contributed by atoms with Gasteiger partial charge in [0.25, 0.3) is 0 Å². The SMILES string of the molecule is [F][Ti]([F])([F])([F])([F])[F].[K]. The van der Waals surface area contributed by atoms with E-state index in [9.17, 15) is 18.6 Å². The Morgan fingerprint density at radius 1 is 0.625 bits per heavy atom. The molecule has 0 amide bonds. The average molecular weight is 201 g/mol. The minimum absolute atomic E-state index is 0. The second-order valence-corrected chi connectivity index (χ2v) is 4.42. The topological polar surface area (TPSA) is 0 Å². The smallest absolute Gasteiger partial charge is 0 e. The van der Waals surface area contributed by atoms with Crippen LogP contribution in [0.5, 0.6) is 0 Å². The van der Waals surface area contributed by atoms with E-state index in [2.05, 4.69) is 0 Å².